The summed E-state index contributed by atoms with van der Waals surface area (Å²) in [6.45, 7) is 4.35. The van der Waals surface area contributed by atoms with Crippen molar-refractivity contribution in [2.75, 3.05) is 0 Å². The van der Waals surface area contributed by atoms with Gasteiger partial charge >= 0.3 is 0 Å². The smallest absolute Gasteiger partial charge is 0.0488 e. The highest BCUT2D eigenvalue weighted by Crippen LogP contribution is 2.28. The summed E-state index contributed by atoms with van der Waals surface area (Å²) in [4.78, 5) is 7.23. The number of allylic oxidation sites excluding steroid dienone is 2. The second kappa shape index (κ2) is 6.17. The average molecular weight is 350 g/mol. The van der Waals surface area contributed by atoms with Gasteiger partial charge in [-0.3, -0.25) is 0 Å². The van der Waals surface area contributed by atoms with Crippen LogP contribution in [0.3, 0.4) is 0 Å². The fourth-order valence-corrected chi connectivity index (χ4v) is 3.95. The molecule has 0 saturated heterocycles. The number of aromatic nitrogens is 2. The quantitative estimate of drug-likeness (QED) is 0.507. The van der Waals surface area contributed by atoms with Crippen LogP contribution in [0.1, 0.15) is 18.9 Å². The maximum absolute atomic E-state index is 3.64. The zero-order chi connectivity index (χ0) is 18.4. The topological polar surface area (TPSA) is 31.6 Å². The highest BCUT2D eigenvalue weighted by molar-refractivity contribution is 5.88. The van der Waals surface area contributed by atoms with Crippen LogP contribution in [-0.4, -0.2) is 9.97 Å². The van der Waals surface area contributed by atoms with E-state index in [1.165, 1.54) is 49.4 Å². The number of hydrogen-bond acceptors (Lipinski definition) is 0. The van der Waals surface area contributed by atoms with Crippen LogP contribution in [0.15, 0.2) is 66.7 Å². The monoisotopic (exact) mass is 350 g/mol. The molecule has 0 unspecified atom stereocenters. The van der Waals surface area contributed by atoms with Crippen molar-refractivity contribution in [3.05, 3.63) is 82.9 Å². The van der Waals surface area contributed by atoms with Gasteiger partial charge < -0.3 is 9.97 Å². The van der Waals surface area contributed by atoms with Gasteiger partial charge in [-0.15, -0.1) is 0 Å². The van der Waals surface area contributed by atoms with E-state index in [2.05, 4.69) is 96.6 Å². The first kappa shape index (κ1) is 16.0. The van der Waals surface area contributed by atoms with Crippen molar-refractivity contribution in [3.8, 4) is 22.5 Å². The van der Waals surface area contributed by atoms with Crippen molar-refractivity contribution >= 4 is 22.6 Å². The Morgan fingerprint density at radius 1 is 0.815 bits per heavy atom. The van der Waals surface area contributed by atoms with E-state index in [9.17, 15) is 0 Å². The molecule has 0 saturated carbocycles. The molecule has 0 atom stereocenters. The van der Waals surface area contributed by atoms with Crippen LogP contribution >= 0.6 is 0 Å². The van der Waals surface area contributed by atoms with Crippen LogP contribution in [0.5, 0.6) is 0 Å². The Hall–Kier alpha value is -3.26. The van der Waals surface area contributed by atoms with E-state index in [-0.39, 0.29) is 0 Å². The van der Waals surface area contributed by atoms with Crippen LogP contribution in [0.25, 0.3) is 45.1 Å². The van der Waals surface area contributed by atoms with E-state index >= 15 is 0 Å². The molecule has 27 heavy (non-hydrogen) atoms. The molecule has 0 fully saturated rings. The minimum absolute atomic E-state index is 0.998. The molecule has 0 amide bonds. The van der Waals surface area contributed by atoms with Crippen LogP contribution in [-0.2, 0) is 0 Å². The molecule has 1 aliphatic carbocycles. The molecular weight excluding hydrogens is 328 g/mol. The SMILES string of the molecule is CC1=c2[nH]c(-c3cccc(-c4cc5cccc(C)c5[nH]4)c3)cc2=CC=CC1. The molecule has 2 aromatic heterocycles. The summed E-state index contributed by atoms with van der Waals surface area (Å²) in [6, 6.07) is 19.7. The standard InChI is InChI=1S/C25H22N2/c1-16-7-3-4-9-20-14-22(26-24(16)20)18-10-6-11-19(13-18)23-15-21-12-5-8-17(2)25(21)27-23/h3-6,8-15,26-27H,7H2,1-2H3. The number of aromatic amines is 2. The number of fused-ring (bicyclic) bond motifs is 2. The largest absolute Gasteiger partial charge is 0.355 e. The van der Waals surface area contributed by atoms with E-state index in [0.29, 0.717) is 0 Å². The molecule has 2 heteroatoms. The Morgan fingerprint density at radius 3 is 2.41 bits per heavy atom. The van der Waals surface area contributed by atoms with Gasteiger partial charge in [0.1, 0.15) is 0 Å². The van der Waals surface area contributed by atoms with Crippen LogP contribution in [0.4, 0.5) is 0 Å². The predicted octanol–water partition coefficient (Wildman–Crippen LogP) is 5.05. The van der Waals surface area contributed by atoms with Crippen LogP contribution < -0.4 is 10.6 Å². The lowest BCUT2D eigenvalue weighted by Gasteiger charge is -2.03. The Bertz CT molecular complexity index is 1310. The van der Waals surface area contributed by atoms with Gasteiger partial charge in [0.2, 0.25) is 0 Å². The van der Waals surface area contributed by atoms with Gasteiger partial charge in [0.05, 0.1) is 0 Å². The molecule has 2 heterocycles. The molecule has 132 valence electrons. The number of H-pyrrole nitrogens is 2. The maximum atomic E-state index is 3.64. The lowest BCUT2D eigenvalue weighted by molar-refractivity contribution is 1.24. The minimum atomic E-state index is 0.998. The van der Waals surface area contributed by atoms with Gasteiger partial charge in [0.15, 0.2) is 0 Å². The number of para-hydroxylation sites is 1. The van der Waals surface area contributed by atoms with Crippen LogP contribution in [0, 0.1) is 6.92 Å². The Labute approximate surface area is 158 Å². The van der Waals surface area contributed by atoms with Gasteiger partial charge in [-0.05, 0) is 65.9 Å². The van der Waals surface area contributed by atoms with Gasteiger partial charge in [0.25, 0.3) is 0 Å². The summed E-state index contributed by atoms with van der Waals surface area (Å²) >= 11 is 0. The lowest BCUT2D eigenvalue weighted by Crippen LogP contribution is -2.23. The molecule has 4 aromatic rings. The summed E-state index contributed by atoms with van der Waals surface area (Å²) in [7, 11) is 0. The zero-order valence-electron chi connectivity index (χ0n) is 15.6. The third-order valence-corrected chi connectivity index (χ3v) is 5.46. The highest BCUT2D eigenvalue weighted by atomic mass is 14.7. The van der Waals surface area contributed by atoms with Gasteiger partial charge in [-0.2, -0.15) is 0 Å². The van der Waals surface area contributed by atoms with Crippen molar-refractivity contribution < 1.29 is 0 Å². The molecule has 0 aliphatic heterocycles. The summed E-state index contributed by atoms with van der Waals surface area (Å²) in [5.41, 5.74) is 8.61. The Balaban J connectivity index is 1.63. The first-order valence-corrected chi connectivity index (χ1v) is 9.44. The van der Waals surface area contributed by atoms with E-state index in [0.717, 1.165) is 12.1 Å². The third-order valence-electron chi connectivity index (χ3n) is 5.46. The van der Waals surface area contributed by atoms with Crippen LogP contribution in [0.2, 0.25) is 0 Å². The van der Waals surface area contributed by atoms with Gasteiger partial charge in [-0.1, -0.05) is 54.6 Å². The molecule has 2 N–H and O–H groups in total. The molecule has 2 aromatic carbocycles. The number of nitrogens with one attached hydrogen (secondary N) is 2. The molecule has 2 nitrogen and oxygen atoms in total. The predicted molar refractivity (Wildman–Crippen MR) is 115 cm³/mol. The first-order chi connectivity index (χ1) is 13.2. The molecule has 5 rings (SSSR count). The number of aryl methyl sites for hydroxylation is 1. The minimum Gasteiger partial charge on any atom is -0.355 e. The molecule has 1 aliphatic rings. The van der Waals surface area contributed by atoms with E-state index in [4.69, 9.17) is 0 Å². The molecule has 0 radical (unpaired) electrons. The lowest BCUT2D eigenvalue weighted by atomic mass is 10.1. The van der Waals surface area contributed by atoms with E-state index in [1.807, 2.05) is 0 Å². The highest BCUT2D eigenvalue weighted by Gasteiger charge is 2.08. The summed E-state index contributed by atoms with van der Waals surface area (Å²) < 4.78 is 0. The summed E-state index contributed by atoms with van der Waals surface area (Å²) in [6.07, 6.45) is 7.55. The average Bonchev–Trinajstić information content (AvgIpc) is 3.27. The Kier molecular flexibility index (Phi) is 3.64. The second-order valence-electron chi connectivity index (χ2n) is 7.40. The van der Waals surface area contributed by atoms with E-state index in [1.54, 1.807) is 0 Å². The van der Waals surface area contributed by atoms with Crippen molar-refractivity contribution in [2.24, 2.45) is 0 Å². The van der Waals surface area contributed by atoms with E-state index < -0.39 is 0 Å². The fourth-order valence-electron chi connectivity index (χ4n) is 3.95. The summed E-state index contributed by atoms with van der Waals surface area (Å²) in [5.74, 6) is 0. The molecule has 0 spiro atoms. The first-order valence-electron chi connectivity index (χ1n) is 9.44. The summed E-state index contributed by atoms with van der Waals surface area (Å²) in [5, 5.41) is 3.78. The number of rotatable bonds is 2. The second-order valence-corrected chi connectivity index (χ2v) is 7.40. The normalized spacial score (nSPS) is 13.5. The maximum Gasteiger partial charge on any atom is 0.0488 e. The van der Waals surface area contributed by atoms with Gasteiger partial charge in [-0.25, -0.2) is 0 Å². The van der Waals surface area contributed by atoms with Crippen molar-refractivity contribution in [1.82, 2.24) is 9.97 Å². The number of benzene rings is 2. The van der Waals surface area contributed by atoms with Crippen molar-refractivity contribution in [3.63, 3.8) is 0 Å². The fraction of sp³-hybridized carbons (Fsp3) is 0.120. The number of hydrogen-bond donors (Lipinski definition) is 2. The molecule has 0 bridgehead atoms. The third kappa shape index (κ3) is 2.74. The Morgan fingerprint density at radius 2 is 1.59 bits per heavy atom. The van der Waals surface area contributed by atoms with Crippen molar-refractivity contribution in [1.29, 1.82) is 0 Å². The van der Waals surface area contributed by atoms with Gasteiger partial charge in [0, 0.05) is 27.6 Å². The zero-order valence-corrected chi connectivity index (χ0v) is 15.6. The molecular formula is C25H22N2. The van der Waals surface area contributed by atoms with Crippen molar-refractivity contribution in [2.45, 2.75) is 20.3 Å².